The minimum Gasteiger partial charge on any atom is -0.507 e. The summed E-state index contributed by atoms with van der Waals surface area (Å²) in [7, 11) is 0. The van der Waals surface area contributed by atoms with Crippen molar-refractivity contribution in [2.75, 3.05) is 32.7 Å². The molecule has 1 saturated heterocycles. The summed E-state index contributed by atoms with van der Waals surface area (Å²) in [5.41, 5.74) is 1.41. The number of hydrogen-bond donors (Lipinski definition) is 2. The molecule has 0 aliphatic carbocycles. The molecule has 2 aromatic rings. The van der Waals surface area contributed by atoms with E-state index in [9.17, 15) is 14.7 Å². The maximum absolute atomic E-state index is 12.4. The van der Waals surface area contributed by atoms with Crippen LogP contribution in [0.4, 0.5) is 0 Å². The van der Waals surface area contributed by atoms with Gasteiger partial charge in [0.1, 0.15) is 5.75 Å². The minimum atomic E-state index is -0.462. The van der Waals surface area contributed by atoms with Gasteiger partial charge in [-0.1, -0.05) is 46.3 Å². The Morgan fingerprint density at radius 2 is 1.74 bits per heavy atom. The van der Waals surface area contributed by atoms with Gasteiger partial charge in [-0.05, 0) is 23.8 Å². The van der Waals surface area contributed by atoms with E-state index in [-0.39, 0.29) is 23.8 Å². The van der Waals surface area contributed by atoms with Gasteiger partial charge in [0, 0.05) is 37.2 Å². The third kappa shape index (κ3) is 5.30. The first kappa shape index (κ1) is 19.4. The molecule has 0 aromatic heterocycles. The molecule has 0 saturated carbocycles. The molecule has 0 atom stereocenters. The number of aromatic hydroxyl groups is 1. The van der Waals surface area contributed by atoms with Crippen LogP contribution in [0.2, 0.25) is 0 Å². The van der Waals surface area contributed by atoms with Gasteiger partial charge in [-0.15, -0.1) is 0 Å². The van der Waals surface area contributed by atoms with Crippen LogP contribution in [0, 0.1) is 0 Å². The Kier molecular flexibility index (Phi) is 6.47. The molecule has 1 heterocycles. The number of phenols is 1. The lowest BCUT2D eigenvalue weighted by Gasteiger charge is -2.34. The molecule has 1 aliphatic rings. The van der Waals surface area contributed by atoms with Gasteiger partial charge in [0.05, 0.1) is 12.1 Å². The molecule has 0 radical (unpaired) electrons. The molecular formula is C20H22BrN3O3. The van der Waals surface area contributed by atoms with E-state index in [1.807, 2.05) is 18.2 Å². The van der Waals surface area contributed by atoms with Crippen LogP contribution in [0.1, 0.15) is 15.9 Å². The van der Waals surface area contributed by atoms with Gasteiger partial charge in [-0.2, -0.15) is 0 Å². The van der Waals surface area contributed by atoms with Crippen molar-refractivity contribution in [1.29, 1.82) is 0 Å². The molecule has 2 aromatic carbocycles. The third-order valence-corrected chi connectivity index (χ3v) is 5.07. The van der Waals surface area contributed by atoms with E-state index in [0.29, 0.717) is 17.6 Å². The Morgan fingerprint density at radius 3 is 2.41 bits per heavy atom. The molecule has 142 valence electrons. The third-order valence-electron chi connectivity index (χ3n) is 4.58. The molecule has 1 fully saturated rings. The summed E-state index contributed by atoms with van der Waals surface area (Å²) in [6.07, 6.45) is 0. The zero-order valence-electron chi connectivity index (χ0n) is 14.9. The quantitative estimate of drug-likeness (QED) is 0.760. The minimum absolute atomic E-state index is 0.0764. The molecule has 0 unspecified atom stereocenters. The molecule has 0 bridgehead atoms. The number of nitrogens with zero attached hydrogens (tertiary/aromatic N) is 2. The lowest BCUT2D eigenvalue weighted by Crippen LogP contribution is -2.50. The number of carbonyl (C=O) groups excluding carboxylic acids is 2. The van der Waals surface area contributed by atoms with Gasteiger partial charge >= 0.3 is 0 Å². The van der Waals surface area contributed by atoms with Crippen LogP contribution >= 0.6 is 15.9 Å². The fourth-order valence-corrected chi connectivity index (χ4v) is 3.41. The second-order valence-corrected chi connectivity index (χ2v) is 7.40. The molecule has 2 amide bonds. The Labute approximate surface area is 166 Å². The number of piperazine rings is 1. The van der Waals surface area contributed by atoms with Crippen LogP contribution in [0.5, 0.6) is 5.75 Å². The van der Waals surface area contributed by atoms with Crippen LogP contribution in [0.15, 0.2) is 53.0 Å². The van der Waals surface area contributed by atoms with Crippen LogP contribution in [0.25, 0.3) is 0 Å². The highest BCUT2D eigenvalue weighted by molar-refractivity contribution is 9.10. The molecule has 6 nitrogen and oxygen atoms in total. The number of rotatable bonds is 5. The van der Waals surface area contributed by atoms with Crippen LogP contribution in [0.3, 0.4) is 0 Å². The zero-order valence-corrected chi connectivity index (χ0v) is 16.5. The van der Waals surface area contributed by atoms with Gasteiger partial charge in [0.25, 0.3) is 5.91 Å². The summed E-state index contributed by atoms with van der Waals surface area (Å²) in [5, 5.41) is 12.4. The Balaban J connectivity index is 1.45. The van der Waals surface area contributed by atoms with Crippen LogP contribution in [-0.2, 0) is 11.3 Å². The second kappa shape index (κ2) is 9.01. The molecule has 27 heavy (non-hydrogen) atoms. The highest BCUT2D eigenvalue weighted by atomic mass is 79.9. The number of halogens is 1. The predicted molar refractivity (Wildman–Crippen MR) is 106 cm³/mol. The first-order valence-electron chi connectivity index (χ1n) is 8.83. The van der Waals surface area contributed by atoms with Gasteiger partial charge in [0.15, 0.2) is 0 Å². The highest BCUT2D eigenvalue weighted by Crippen LogP contribution is 2.22. The van der Waals surface area contributed by atoms with E-state index in [4.69, 9.17) is 0 Å². The van der Waals surface area contributed by atoms with Crippen molar-refractivity contribution in [3.8, 4) is 5.75 Å². The van der Waals surface area contributed by atoms with E-state index in [2.05, 4.69) is 38.3 Å². The Bertz CT molecular complexity index is 805. The zero-order chi connectivity index (χ0) is 19.2. The number of amides is 2. The van der Waals surface area contributed by atoms with Crippen molar-refractivity contribution in [2.24, 2.45) is 0 Å². The normalized spacial score (nSPS) is 14.8. The molecule has 3 rings (SSSR count). The van der Waals surface area contributed by atoms with Crippen molar-refractivity contribution in [1.82, 2.24) is 15.1 Å². The maximum atomic E-state index is 12.4. The summed E-state index contributed by atoms with van der Waals surface area (Å²) < 4.78 is 0.681. The number of hydrogen-bond acceptors (Lipinski definition) is 4. The largest absolute Gasteiger partial charge is 0.507 e. The molecule has 0 spiro atoms. The summed E-state index contributed by atoms with van der Waals surface area (Å²) in [5.74, 6) is -0.695. The summed E-state index contributed by atoms with van der Waals surface area (Å²) in [6, 6.07) is 14.9. The van der Waals surface area contributed by atoms with Gasteiger partial charge < -0.3 is 15.3 Å². The summed E-state index contributed by atoms with van der Waals surface area (Å²) in [6.45, 7) is 3.70. The molecular weight excluding hydrogens is 410 g/mol. The van der Waals surface area contributed by atoms with E-state index < -0.39 is 5.91 Å². The first-order valence-corrected chi connectivity index (χ1v) is 9.63. The SMILES string of the molecule is O=C(NCC(=O)N1CCN(Cc2ccccc2)CC1)c1ccc(Br)cc1O. The lowest BCUT2D eigenvalue weighted by molar-refractivity contribution is -0.131. The average Bonchev–Trinajstić information content (AvgIpc) is 2.67. The van der Waals surface area contributed by atoms with Gasteiger partial charge in [-0.25, -0.2) is 0 Å². The lowest BCUT2D eigenvalue weighted by atomic mass is 10.2. The van der Waals surface area contributed by atoms with Gasteiger partial charge in [0.2, 0.25) is 5.91 Å². The van der Waals surface area contributed by atoms with Crippen molar-refractivity contribution >= 4 is 27.7 Å². The standard InChI is InChI=1S/C20H22BrN3O3/c21-16-6-7-17(18(25)12-16)20(27)22-13-19(26)24-10-8-23(9-11-24)14-15-4-2-1-3-5-15/h1-7,12,25H,8-11,13-14H2,(H,22,27). The van der Waals surface area contributed by atoms with Gasteiger partial charge in [-0.3, -0.25) is 14.5 Å². The van der Waals surface area contributed by atoms with E-state index in [1.54, 1.807) is 11.0 Å². The fraction of sp³-hybridized carbons (Fsp3) is 0.300. The highest BCUT2D eigenvalue weighted by Gasteiger charge is 2.22. The molecule has 1 aliphatic heterocycles. The Morgan fingerprint density at radius 1 is 1.04 bits per heavy atom. The maximum Gasteiger partial charge on any atom is 0.255 e. The monoisotopic (exact) mass is 431 g/mol. The second-order valence-electron chi connectivity index (χ2n) is 6.49. The van der Waals surface area contributed by atoms with Crippen LogP contribution < -0.4 is 5.32 Å². The number of benzene rings is 2. The van der Waals surface area contributed by atoms with E-state index >= 15 is 0 Å². The van der Waals surface area contributed by atoms with Crippen molar-refractivity contribution in [2.45, 2.75) is 6.54 Å². The van der Waals surface area contributed by atoms with Crippen molar-refractivity contribution < 1.29 is 14.7 Å². The van der Waals surface area contributed by atoms with Crippen molar-refractivity contribution in [3.05, 3.63) is 64.1 Å². The fourth-order valence-electron chi connectivity index (χ4n) is 3.06. The predicted octanol–water partition coefficient (Wildman–Crippen LogP) is 2.23. The summed E-state index contributed by atoms with van der Waals surface area (Å²) >= 11 is 3.23. The van der Waals surface area contributed by atoms with E-state index in [0.717, 1.165) is 19.6 Å². The first-order chi connectivity index (χ1) is 13.0. The Hall–Kier alpha value is -2.38. The number of phenolic OH excluding ortho intramolecular Hbond substituents is 1. The van der Waals surface area contributed by atoms with Crippen LogP contribution in [-0.4, -0.2) is 59.4 Å². The molecule has 7 heteroatoms. The van der Waals surface area contributed by atoms with E-state index in [1.165, 1.54) is 17.7 Å². The van der Waals surface area contributed by atoms with Crippen molar-refractivity contribution in [3.63, 3.8) is 0 Å². The number of nitrogens with one attached hydrogen (secondary N) is 1. The molecule has 2 N–H and O–H groups in total. The summed E-state index contributed by atoms with van der Waals surface area (Å²) in [4.78, 5) is 28.6. The average molecular weight is 432 g/mol. The topological polar surface area (TPSA) is 72.9 Å². The number of carbonyl (C=O) groups is 2. The smallest absolute Gasteiger partial charge is 0.255 e.